The summed E-state index contributed by atoms with van der Waals surface area (Å²) in [6.45, 7) is 1.39. The molecule has 0 N–H and O–H groups in total. The first kappa shape index (κ1) is 29.1. The molecule has 2 amide bonds. The summed E-state index contributed by atoms with van der Waals surface area (Å²) in [5, 5.41) is 4.69. The standard InChI is InChI=1S/C36H32ClN5O2/c37-34-17-13-28(24-38-34)14-18-35(43)41(25-29-11-15-32(16-12-29)42-21-6-20-39-42)33(23-27-7-2-1-3-8-27)36(44)40-22-19-30-9-4-5-10-31(30)26-40/h1-18,20-21,24,33H,19,22-23,25-26H2/t33-/m0/s1. The molecule has 0 fully saturated rings. The van der Waals surface area contributed by atoms with E-state index in [-0.39, 0.29) is 18.4 Å². The van der Waals surface area contributed by atoms with Gasteiger partial charge in [-0.25, -0.2) is 9.67 Å². The van der Waals surface area contributed by atoms with Gasteiger partial charge in [-0.2, -0.15) is 5.10 Å². The van der Waals surface area contributed by atoms with Crippen molar-refractivity contribution in [1.29, 1.82) is 0 Å². The highest BCUT2D eigenvalue weighted by Gasteiger charge is 2.34. The van der Waals surface area contributed by atoms with E-state index in [4.69, 9.17) is 11.6 Å². The van der Waals surface area contributed by atoms with Crippen molar-refractivity contribution in [3.8, 4) is 5.69 Å². The first-order valence-corrected chi connectivity index (χ1v) is 15.0. The Balaban J connectivity index is 1.34. The minimum absolute atomic E-state index is 0.0635. The molecule has 5 aromatic rings. The van der Waals surface area contributed by atoms with Crippen molar-refractivity contribution in [1.82, 2.24) is 24.6 Å². The van der Waals surface area contributed by atoms with Crippen LogP contribution in [0.25, 0.3) is 11.8 Å². The largest absolute Gasteiger partial charge is 0.336 e. The topological polar surface area (TPSA) is 71.3 Å². The summed E-state index contributed by atoms with van der Waals surface area (Å²) in [6.07, 6.45) is 9.63. The summed E-state index contributed by atoms with van der Waals surface area (Å²) in [6, 6.07) is 30.7. The highest BCUT2D eigenvalue weighted by Crippen LogP contribution is 2.23. The number of hydrogen-bond acceptors (Lipinski definition) is 4. The summed E-state index contributed by atoms with van der Waals surface area (Å²) in [7, 11) is 0. The molecule has 3 aromatic carbocycles. The average molecular weight is 602 g/mol. The zero-order valence-electron chi connectivity index (χ0n) is 24.2. The highest BCUT2D eigenvalue weighted by molar-refractivity contribution is 6.29. The van der Waals surface area contributed by atoms with E-state index < -0.39 is 6.04 Å². The molecule has 1 aliphatic rings. The number of fused-ring (bicyclic) bond motifs is 1. The van der Waals surface area contributed by atoms with Gasteiger partial charge in [-0.3, -0.25) is 9.59 Å². The quantitative estimate of drug-likeness (QED) is 0.150. The lowest BCUT2D eigenvalue weighted by atomic mass is 9.97. The monoisotopic (exact) mass is 601 g/mol. The van der Waals surface area contributed by atoms with Crippen LogP contribution >= 0.6 is 11.6 Å². The van der Waals surface area contributed by atoms with Gasteiger partial charge in [0.1, 0.15) is 11.2 Å². The van der Waals surface area contributed by atoms with Gasteiger partial charge in [0.05, 0.1) is 5.69 Å². The van der Waals surface area contributed by atoms with Crippen LogP contribution in [-0.4, -0.2) is 49.0 Å². The summed E-state index contributed by atoms with van der Waals surface area (Å²) in [5.74, 6) is -0.325. The van der Waals surface area contributed by atoms with Crippen LogP contribution in [0, 0.1) is 0 Å². The number of rotatable bonds is 9. The van der Waals surface area contributed by atoms with E-state index in [1.165, 1.54) is 11.6 Å². The molecule has 2 aromatic heterocycles. The molecule has 8 heteroatoms. The molecular weight excluding hydrogens is 570 g/mol. The molecule has 220 valence electrons. The molecule has 0 spiro atoms. The van der Waals surface area contributed by atoms with Crippen LogP contribution < -0.4 is 0 Å². The third-order valence-electron chi connectivity index (χ3n) is 7.89. The van der Waals surface area contributed by atoms with E-state index in [2.05, 4.69) is 22.2 Å². The number of carbonyl (C=O) groups excluding carboxylic acids is 2. The number of nitrogens with zero attached hydrogens (tertiary/aromatic N) is 5. The summed E-state index contributed by atoms with van der Waals surface area (Å²) in [5.41, 5.74) is 5.96. The van der Waals surface area contributed by atoms with E-state index in [9.17, 15) is 9.59 Å². The third-order valence-corrected chi connectivity index (χ3v) is 8.11. The van der Waals surface area contributed by atoms with E-state index in [0.29, 0.717) is 24.7 Å². The van der Waals surface area contributed by atoms with Gasteiger partial charge >= 0.3 is 0 Å². The lowest BCUT2D eigenvalue weighted by Gasteiger charge is -2.37. The Hall–Kier alpha value is -5.01. The van der Waals surface area contributed by atoms with Crippen LogP contribution in [-0.2, 0) is 35.5 Å². The fourth-order valence-electron chi connectivity index (χ4n) is 5.53. The maximum absolute atomic E-state index is 14.4. The molecule has 3 heterocycles. The molecule has 0 saturated heterocycles. The van der Waals surface area contributed by atoms with Gasteiger partial charge in [0.2, 0.25) is 11.8 Å². The van der Waals surface area contributed by atoms with Crippen molar-refractivity contribution in [2.24, 2.45) is 0 Å². The van der Waals surface area contributed by atoms with Crippen LogP contribution in [0.4, 0.5) is 0 Å². The predicted molar refractivity (Wildman–Crippen MR) is 172 cm³/mol. The SMILES string of the molecule is O=C([C@H](Cc1ccccc1)N(Cc1ccc(-n2cccn2)cc1)C(=O)C=Cc1ccc(Cl)nc1)N1CCc2ccccc2C1. The first-order valence-electron chi connectivity index (χ1n) is 14.6. The third kappa shape index (κ3) is 6.96. The van der Waals surface area contributed by atoms with Crippen LogP contribution in [0.5, 0.6) is 0 Å². The van der Waals surface area contributed by atoms with Gasteiger partial charge < -0.3 is 9.80 Å². The van der Waals surface area contributed by atoms with Gasteiger partial charge in [0.25, 0.3) is 0 Å². The molecule has 0 radical (unpaired) electrons. The number of amides is 2. The lowest BCUT2D eigenvalue weighted by Crippen LogP contribution is -2.52. The van der Waals surface area contributed by atoms with Gasteiger partial charge in [0.15, 0.2) is 0 Å². The second kappa shape index (κ2) is 13.5. The molecule has 7 nitrogen and oxygen atoms in total. The van der Waals surface area contributed by atoms with Crippen LogP contribution in [0.2, 0.25) is 5.15 Å². The van der Waals surface area contributed by atoms with Crippen LogP contribution in [0.3, 0.4) is 0 Å². The molecule has 6 rings (SSSR count). The van der Waals surface area contributed by atoms with Gasteiger partial charge in [-0.1, -0.05) is 84.4 Å². The van der Waals surface area contributed by atoms with Crippen molar-refractivity contribution in [2.75, 3.05) is 6.54 Å². The number of halogens is 1. The van der Waals surface area contributed by atoms with Crippen molar-refractivity contribution in [2.45, 2.75) is 32.0 Å². The van der Waals surface area contributed by atoms with Crippen molar-refractivity contribution in [3.63, 3.8) is 0 Å². The molecule has 1 atom stereocenters. The van der Waals surface area contributed by atoms with E-state index >= 15 is 0 Å². The predicted octanol–water partition coefficient (Wildman–Crippen LogP) is 6.16. The normalized spacial score (nSPS) is 13.4. The number of hydrogen-bond donors (Lipinski definition) is 0. The lowest BCUT2D eigenvalue weighted by molar-refractivity contribution is -0.144. The van der Waals surface area contributed by atoms with E-state index in [1.807, 2.05) is 83.9 Å². The zero-order chi connectivity index (χ0) is 30.3. The number of carbonyl (C=O) groups is 2. The molecular formula is C36H32ClN5O2. The minimum atomic E-state index is -0.714. The fourth-order valence-corrected chi connectivity index (χ4v) is 5.64. The Morgan fingerprint density at radius 3 is 2.39 bits per heavy atom. The van der Waals surface area contributed by atoms with Crippen molar-refractivity contribution < 1.29 is 9.59 Å². The Morgan fingerprint density at radius 2 is 1.66 bits per heavy atom. The average Bonchev–Trinajstić information content (AvgIpc) is 3.61. The molecule has 1 aliphatic heterocycles. The maximum atomic E-state index is 14.4. The van der Waals surface area contributed by atoms with Gasteiger partial charge in [-0.15, -0.1) is 0 Å². The maximum Gasteiger partial charge on any atom is 0.247 e. The van der Waals surface area contributed by atoms with Crippen molar-refractivity contribution >= 4 is 29.5 Å². The minimum Gasteiger partial charge on any atom is -0.336 e. The highest BCUT2D eigenvalue weighted by atomic mass is 35.5. The first-order chi connectivity index (χ1) is 21.5. The Morgan fingerprint density at radius 1 is 0.886 bits per heavy atom. The Bertz CT molecular complexity index is 1740. The van der Waals surface area contributed by atoms with Gasteiger partial charge in [-0.05, 0) is 64.6 Å². The van der Waals surface area contributed by atoms with E-state index in [0.717, 1.165) is 34.4 Å². The Labute approximate surface area is 262 Å². The van der Waals surface area contributed by atoms with Crippen LogP contribution in [0.15, 0.2) is 122 Å². The number of benzene rings is 3. The van der Waals surface area contributed by atoms with Gasteiger partial charge in [0, 0.05) is 50.7 Å². The van der Waals surface area contributed by atoms with E-state index in [1.54, 1.807) is 40.2 Å². The number of aromatic nitrogens is 3. The summed E-state index contributed by atoms with van der Waals surface area (Å²) < 4.78 is 1.78. The summed E-state index contributed by atoms with van der Waals surface area (Å²) >= 11 is 5.96. The van der Waals surface area contributed by atoms with Crippen molar-refractivity contribution in [3.05, 3.63) is 155 Å². The Kier molecular flexibility index (Phi) is 8.94. The number of pyridine rings is 1. The fraction of sp³-hybridized carbons (Fsp3) is 0.167. The molecule has 0 saturated carbocycles. The molecule has 0 unspecified atom stereocenters. The van der Waals surface area contributed by atoms with Crippen LogP contribution in [0.1, 0.15) is 27.8 Å². The molecule has 44 heavy (non-hydrogen) atoms. The second-order valence-electron chi connectivity index (χ2n) is 10.8. The summed E-state index contributed by atoms with van der Waals surface area (Å²) in [4.78, 5) is 36.2. The zero-order valence-corrected chi connectivity index (χ0v) is 24.9. The molecule has 0 bridgehead atoms. The smallest absolute Gasteiger partial charge is 0.247 e. The molecule has 0 aliphatic carbocycles. The second-order valence-corrected chi connectivity index (χ2v) is 11.2.